The van der Waals surface area contributed by atoms with E-state index in [-0.39, 0.29) is 16.5 Å². The molecule has 0 aliphatic rings. The van der Waals surface area contributed by atoms with Gasteiger partial charge in [-0.1, -0.05) is 23.7 Å². The quantitative estimate of drug-likeness (QED) is 0.775. The van der Waals surface area contributed by atoms with Crippen molar-refractivity contribution in [1.82, 2.24) is 0 Å². The molecular formula is C18H20ClN3O2. The summed E-state index contributed by atoms with van der Waals surface area (Å²) in [6.07, 6.45) is 0. The fourth-order valence-electron chi connectivity index (χ4n) is 2.23. The lowest BCUT2D eigenvalue weighted by Gasteiger charge is -2.17. The van der Waals surface area contributed by atoms with E-state index in [0.29, 0.717) is 5.69 Å². The van der Waals surface area contributed by atoms with Gasteiger partial charge in [0.05, 0.1) is 10.6 Å². The van der Waals surface area contributed by atoms with Gasteiger partial charge in [0.1, 0.15) is 6.04 Å². The van der Waals surface area contributed by atoms with Crippen LogP contribution >= 0.6 is 11.6 Å². The molecule has 0 fully saturated rings. The second kappa shape index (κ2) is 7.36. The summed E-state index contributed by atoms with van der Waals surface area (Å²) < 4.78 is 0. The molecule has 1 unspecified atom stereocenters. The van der Waals surface area contributed by atoms with Gasteiger partial charge < -0.3 is 16.4 Å². The first-order valence-electron chi connectivity index (χ1n) is 7.52. The largest absolute Gasteiger partial charge is 0.374 e. The number of nitrogens with one attached hydrogen (secondary N) is 2. The standard InChI is InChI=1S/C18H20ClN3O2/c1-10-4-5-11(2)16(8-10)22-18(24)12(3)21-13-6-7-15(19)14(9-13)17(20)23/h4-9,12,21H,1-3H3,(H2,20,23)(H,22,24). The van der Waals surface area contributed by atoms with Gasteiger partial charge in [0.2, 0.25) is 11.8 Å². The Morgan fingerprint density at radius 2 is 1.83 bits per heavy atom. The van der Waals surface area contributed by atoms with Gasteiger partial charge in [0, 0.05) is 11.4 Å². The molecule has 24 heavy (non-hydrogen) atoms. The number of benzene rings is 2. The Morgan fingerprint density at radius 3 is 2.50 bits per heavy atom. The van der Waals surface area contributed by atoms with Gasteiger partial charge in [0.25, 0.3) is 0 Å². The molecule has 0 aromatic heterocycles. The molecule has 4 N–H and O–H groups in total. The van der Waals surface area contributed by atoms with E-state index < -0.39 is 11.9 Å². The summed E-state index contributed by atoms with van der Waals surface area (Å²) in [5.41, 5.74) is 8.92. The number of nitrogens with two attached hydrogens (primary N) is 1. The van der Waals surface area contributed by atoms with Crippen molar-refractivity contribution in [1.29, 1.82) is 0 Å². The van der Waals surface area contributed by atoms with Crippen LogP contribution in [-0.4, -0.2) is 17.9 Å². The maximum absolute atomic E-state index is 12.4. The van der Waals surface area contributed by atoms with E-state index in [4.69, 9.17) is 17.3 Å². The number of hydrogen-bond acceptors (Lipinski definition) is 3. The van der Waals surface area contributed by atoms with Crippen molar-refractivity contribution in [2.45, 2.75) is 26.8 Å². The van der Waals surface area contributed by atoms with Crippen LogP contribution in [0.3, 0.4) is 0 Å². The zero-order valence-corrected chi connectivity index (χ0v) is 14.6. The fourth-order valence-corrected chi connectivity index (χ4v) is 2.44. The van der Waals surface area contributed by atoms with E-state index in [0.717, 1.165) is 16.8 Å². The van der Waals surface area contributed by atoms with Crippen LogP contribution in [0.5, 0.6) is 0 Å². The lowest BCUT2D eigenvalue weighted by atomic mass is 10.1. The molecule has 0 radical (unpaired) electrons. The average molecular weight is 346 g/mol. The van der Waals surface area contributed by atoms with Crippen molar-refractivity contribution < 1.29 is 9.59 Å². The number of primary amides is 1. The normalized spacial score (nSPS) is 11.7. The molecular weight excluding hydrogens is 326 g/mol. The maximum atomic E-state index is 12.4. The Hall–Kier alpha value is -2.53. The third kappa shape index (κ3) is 4.26. The summed E-state index contributed by atoms with van der Waals surface area (Å²) in [6.45, 7) is 5.64. The van der Waals surface area contributed by atoms with Crippen LogP contribution in [0, 0.1) is 13.8 Å². The van der Waals surface area contributed by atoms with Gasteiger partial charge in [0.15, 0.2) is 0 Å². The second-order valence-corrected chi connectivity index (χ2v) is 6.14. The van der Waals surface area contributed by atoms with Crippen molar-refractivity contribution in [3.63, 3.8) is 0 Å². The van der Waals surface area contributed by atoms with Gasteiger partial charge in [-0.3, -0.25) is 9.59 Å². The van der Waals surface area contributed by atoms with Crippen molar-refractivity contribution >= 4 is 34.8 Å². The van der Waals surface area contributed by atoms with Crippen molar-refractivity contribution in [3.8, 4) is 0 Å². The summed E-state index contributed by atoms with van der Waals surface area (Å²) in [7, 11) is 0. The Kier molecular flexibility index (Phi) is 5.46. The monoisotopic (exact) mass is 345 g/mol. The molecule has 2 rings (SSSR count). The van der Waals surface area contributed by atoms with Crippen molar-refractivity contribution in [3.05, 3.63) is 58.1 Å². The van der Waals surface area contributed by atoms with E-state index in [9.17, 15) is 9.59 Å². The number of halogens is 1. The van der Waals surface area contributed by atoms with Gasteiger partial charge in [-0.15, -0.1) is 0 Å². The molecule has 126 valence electrons. The molecule has 0 aliphatic heterocycles. The number of rotatable bonds is 5. The highest BCUT2D eigenvalue weighted by atomic mass is 35.5. The number of anilines is 2. The average Bonchev–Trinajstić information content (AvgIpc) is 2.52. The zero-order valence-electron chi connectivity index (χ0n) is 13.8. The first-order chi connectivity index (χ1) is 11.3. The molecule has 2 amide bonds. The highest BCUT2D eigenvalue weighted by Gasteiger charge is 2.15. The van der Waals surface area contributed by atoms with Crippen LogP contribution in [0.4, 0.5) is 11.4 Å². The number of hydrogen-bond donors (Lipinski definition) is 3. The Balaban J connectivity index is 2.10. The van der Waals surface area contributed by atoms with Gasteiger partial charge in [-0.2, -0.15) is 0 Å². The first kappa shape index (κ1) is 17.8. The van der Waals surface area contributed by atoms with Crippen molar-refractivity contribution in [2.24, 2.45) is 5.73 Å². The summed E-state index contributed by atoms with van der Waals surface area (Å²) >= 11 is 5.92. The summed E-state index contributed by atoms with van der Waals surface area (Å²) in [5, 5.41) is 6.22. The van der Waals surface area contributed by atoms with Gasteiger partial charge in [-0.05, 0) is 56.2 Å². The van der Waals surface area contributed by atoms with E-state index in [1.54, 1.807) is 19.1 Å². The summed E-state index contributed by atoms with van der Waals surface area (Å²) in [6, 6.07) is 10.2. The number of amides is 2. The highest BCUT2D eigenvalue weighted by Crippen LogP contribution is 2.21. The highest BCUT2D eigenvalue weighted by molar-refractivity contribution is 6.33. The minimum atomic E-state index is -0.615. The molecule has 5 nitrogen and oxygen atoms in total. The lowest BCUT2D eigenvalue weighted by molar-refractivity contribution is -0.116. The minimum Gasteiger partial charge on any atom is -0.374 e. The molecule has 0 aliphatic carbocycles. The molecule has 6 heteroatoms. The van der Waals surface area contributed by atoms with Crippen LogP contribution < -0.4 is 16.4 Å². The Morgan fingerprint density at radius 1 is 1.12 bits per heavy atom. The van der Waals surface area contributed by atoms with Gasteiger partial charge >= 0.3 is 0 Å². The molecule has 0 saturated carbocycles. The van der Waals surface area contributed by atoms with Crippen LogP contribution in [0.15, 0.2) is 36.4 Å². The molecule has 2 aromatic rings. The second-order valence-electron chi connectivity index (χ2n) is 5.73. The first-order valence-corrected chi connectivity index (χ1v) is 7.89. The minimum absolute atomic E-state index is 0.181. The molecule has 1 atom stereocenters. The van der Waals surface area contributed by atoms with Crippen molar-refractivity contribution in [2.75, 3.05) is 10.6 Å². The Labute approximate surface area is 146 Å². The number of carbonyl (C=O) groups is 2. The van der Waals surface area contributed by atoms with E-state index >= 15 is 0 Å². The third-order valence-corrected chi connectivity index (χ3v) is 3.99. The molecule has 2 aromatic carbocycles. The SMILES string of the molecule is Cc1ccc(C)c(NC(=O)C(C)Nc2ccc(Cl)c(C(N)=O)c2)c1. The predicted molar refractivity (Wildman–Crippen MR) is 97.6 cm³/mol. The van der Waals surface area contributed by atoms with E-state index in [2.05, 4.69) is 10.6 Å². The molecule has 0 spiro atoms. The topological polar surface area (TPSA) is 84.2 Å². The van der Waals surface area contributed by atoms with Gasteiger partial charge in [-0.25, -0.2) is 0 Å². The maximum Gasteiger partial charge on any atom is 0.250 e. The van der Waals surface area contributed by atoms with Crippen LogP contribution in [0.1, 0.15) is 28.4 Å². The van der Waals surface area contributed by atoms with E-state index in [1.165, 1.54) is 6.07 Å². The number of aryl methyl sites for hydroxylation is 2. The summed E-state index contributed by atoms with van der Waals surface area (Å²) in [5.74, 6) is -0.796. The third-order valence-electron chi connectivity index (χ3n) is 3.66. The lowest BCUT2D eigenvalue weighted by Crippen LogP contribution is -2.32. The van der Waals surface area contributed by atoms with E-state index in [1.807, 2.05) is 32.0 Å². The molecule has 0 bridgehead atoms. The predicted octanol–water partition coefficient (Wildman–Crippen LogP) is 3.49. The summed E-state index contributed by atoms with van der Waals surface area (Å²) in [4.78, 5) is 23.7. The molecule has 0 heterocycles. The molecule has 0 saturated heterocycles. The zero-order chi connectivity index (χ0) is 17.9. The Bertz CT molecular complexity index is 790. The van der Waals surface area contributed by atoms with Crippen LogP contribution in [0.25, 0.3) is 0 Å². The van der Waals surface area contributed by atoms with Crippen LogP contribution in [-0.2, 0) is 4.79 Å². The smallest absolute Gasteiger partial charge is 0.250 e. The fraction of sp³-hybridized carbons (Fsp3) is 0.222. The number of carbonyl (C=O) groups excluding carboxylic acids is 2. The van der Waals surface area contributed by atoms with Crippen LogP contribution in [0.2, 0.25) is 5.02 Å².